The number of carbonyl (C=O) groups is 2. The van der Waals surface area contributed by atoms with E-state index >= 15 is 0 Å². The Hall–Kier alpha value is -1.65. The third-order valence-corrected chi connectivity index (χ3v) is 7.59. The van der Waals surface area contributed by atoms with E-state index in [2.05, 4.69) is 29.8 Å². The Labute approximate surface area is 184 Å². The number of carboxylic acid groups (broad SMARTS) is 1. The number of carboxylic acids is 1. The topological polar surface area (TPSA) is 70.1 Å². The normalized spacial score (nSPS) is 22.5. The van der Waals surface area contributed by atoms with E-state index in [0.717, 1.165) is 50.6 Å². The van der Waals surface area contributed by atoms with Crippen LogP contribution in [0.2, 0.25) is 0 Å². The van der Waals surface area contributed by atoms with Crippen LogP contribution in [0.15, 0.2) is 6.07 Å². The molecule has 0 aromatic carbocycles. The predicted octanol–water partition coefficient (Wildman–Crippen LogP) is 3.44. The van der Waals surface area contributed by atoms with E-state index in [1.165, 1.54) is 29.7 Å². The summed E-state index contributed by atoms with van der Waals surface area (Å²) in [4.78, 5) is 28.6. The van der Waals surface area contributed by atoms with Gasteiger partial charge in [0.2, 0.25) is 0 Å². The average Bonchev–Trinajstić information content (AvgIpc) is 3.27. The molecule has 0 radical (unpaired) electrons. The van der Waals surface area contributed by atoms with Crippen LogP contribution in [0.3, 0.4) is 0 Å². The summed E-state index contributed by atoms with van der Waals surface area (Å²) in [7, 11) is 2.22. The lowest BCUT2D eigenvalue weighted by Gasteiger charge is -2.58. The summed E-state index contributed by atoms with van der Waals surface area (Å²) < 4.78 is 37.4. The fourth-order valence-corrected chi connectivity index (χ4v) is 5.83. The number of nitrogens with zero attached hydrogens (tertiary/aromatic N) is 2. The monoisotopic (exact) mass is 462 g/mol. The van der Waals surface area contributed by atoms with E-state index in [1.807, 2.05) is 0 Å². The Kier molecular flexibility index (Phi) is 7.32. The molecule has 1 spiro atoms. The van der Waals surface area contributed by atoms with E-state index < -0.39 is 12.1 Å². The van der Waals surface area contributed by atoms with Crippen LogP contribution in [0.1, 0.15) is 46.3 Å². The van der Waals surface area contributed by atoms with Crippen molar-refractivity contribution in [2.75, 3.05) is 39.9 Å². The van der Waals surface area contributed by atoms with Gasteiger partial charge in [0, 0.05) is 31.2 Å². The van der Waals surface area contributed by atoms with Gasteiger partial charge in [0.15, 0.2) is 0 Å². The molecule has 1 aromatic rings. The van der Waals surface area contributed by atoms with Gasteiger partial charge in [-0.25, -0.2) is 4.79 Å². The SMILES string of the molecule is CCOCC1CCN(C)C2(C1)CN(C(=O)c1cc3c(s1)CCC3)C2.O=C(O)C(F)(F)F. The van der Waals surface area contributed by atoms with E-state index in [4.69, 9.17) is 14.6 Å². The molecule has 1 N–H and O–H groups in total. The number of amides is 1. The van der Waals surface area contributed by atoms with Crippen LogP contribution < -0.4 is 0 Å². The summed E-state index contributed by atoms with van der Waals surface area (Å²) in [5.74, 6) is -1.86. The minimum absolute atomic E-state index is 0.190. The minimum atomic E-state index is -5.08. The highest BCUT2D eigenvalue weighted by Gasteiger charge is 2.51. The van der Waals surface area contributed by atoms with E-state index in [1.54, 1.807) is 11.3 Å². The Morgan fingerprint density at radius 1 is 1.32 bits per heavy atom. The second-order valence-electron chi connectivity index (χ2n) is 8.54. The lowest BCUT2D eigenvalue weighted by molar-refractivity contribution is -0.192. The van der Waals surface area contributed by atoms with Crippen LogP contribution in [0, 0.1) is 5.92 Å². The lowest BCUT2D eigenvalue weighted by Crippen LogP contribution is -2.72. The molecular weight excluding hydrogens is 433 g/mol. The first kappa shape index (κ1) is 24.0. The quantitative estimate of drug-likeness (QED) is 0.742. The number of likely N-dealkylation sites (tertiary alicyclic amines) is 2. The van der Waals surface area contributed by atoms with Crippen LogP contribution in [0.5, 0.6) is 0 Å². The van der Waals surface area contributed by atoms with Gasteiger partial charge in [-0.1, -0.05) is 0 Å². The third-order valence-electron chi connectivity index (χ3n) is 6.37. The molecule has 174 valence electrons. The van der Waals surface area contributed by atoms with Gasteiger partial charge in [-0.05, 0) is 70.2 Å². The number of ether oxygens (including phenoxy) is 1. The first-order valence-corrected chi connectivity index (χ1v) is 11.4. The van der Waals surface area contributed by atoms with E-state index in [-0.39, 0.29) is 11.4 Å². The molecule has 2 fully saturated rings. The number of piperidine rings is 1. The Bertz CT molecular complexity index is 782. The van der Waals surface area contributed by atoms with Crippen molar-refractivity contribution < 1.29 is 32.6 Å². The zero-order chi connectivity index (χ0) is 22.8. The number of halogens is 3. The van der Waals surface area contributed by atoms with E-state index in [0.29, 0.717) is 5.92 Å². The molecule has 6 nitrogen and oxygen atoms in total. The summed E-state index contributed by atoms with van der Waals surface area (Å²) >= 11 is 1.73. The summed E-state index contributed by atoms with van der Waals surface area (Å²) in [6.07, 6.45) is 0.872. The highest BCUT2D eigenvalue weighted by atomic mass is 32.1. The number of likely N-dealkylation sites (N-methyl/N-ethyl adjacent to an activating group) is 1. The van der Waals surface area contributed by atoms with Crippen LogP contribution in [0.4, 0.5) is 13.2 Å². The van der Waals surface area contributed by atoms with Crippen molar-refractivity contribution >= 4 is 23.2 Å². The smallest absolute Gasteiger partial charge is 0.475 e. The van der Waals surface area contributed by atoms with Crippen molar-refractivity contribution in [2.24, 2.45) is 5.92 Å². The van der Waals surface area contributed by atoms with Gasteiger partial charge in [0.1, 0.15) is 0 Å². The summed E-state index contributed by atoms with van der Waals surface area (Å²) in [5.41, 5.74) is 1.61. The first-order chi connectivity index (χ1) is 14.6. The Morgan fingerprint density at radius 2 is 2.00 bits per heavy atom. The zero-order valence-electron chi connectivity index (χ0n) is 17.8. The Balaban J connectivity index is 0.000000339. The van der Waals surface area contributed by atoms with Gasteiger partial charge in [-0.2, -0.15) is 13.2 Å². The number of fused-ring (bicyclic) bond motifs is 1. The number of rotatable bonds is 4. The number of hydrogen-bond donors (Lipinski definition) is 1. The number of aryl methyl sites for hydroxylation is 2. The zero-order valence-corrected chi connectivity index (χ0v) is 18.7. The standard InChI is InChI=1S/C19H28N2O2S.C2HF3O2/c1-3-23-11-14-7-8-20(2)19(10-14)12-21(13-19)18(22)17-9-15-5-4-6-16(15)24-17;3-2(4,5)1(6)7/h9,14H,3-8,10-13H2,1-2H3;(H,6,7). The van der Waals surface area contributed by atoms with Crippen molar-refractivity contribution in [3.05, 3.63) is 21.4 Å². The van der Waals surface area contributed by atoms with Crippen molar-refractivity contribution in [1.82, 2.24) is 9.80 Å². The van der Waals surface area contributed by atoms with Gasteiger partial charge in [0.05, 0.1) is 10.4 Å². The number of aliphatic carboxylic acids is 1. The van der Waals surface area contributed by atoms with Crippen molar-refractivity contribution in [3.8, 4) is 0 Å². The van der Waals surface area contributed by atoms with Crippen molar-refractivity contribution in [3.63, 3.8) is 0 Å². The number of carbonyl (C=O) groups excluding carboxylic acids is 1. The van der Waals surface area contributed by atoms with Gasteiger partial charge in [-0.3, -0.25) is 9.69 Å². The van der Waals surface area contributed by atoms with Crippen LogP contribution in [0.25, 0.3) is 0 Å². The average molecular weight is 463 g/mol. The Morgan fingerprint density at radius 3 is 2.58 bits per heavy atom. The van der Waals surface area contributed by atoms with Gasteiger partial charge < -0.3 is 14.7 Å². The predicted molar refractivity (Wildman–Crippen MR) is 111 cm³/mol. The molecule has 1 aromatic heterocycles. The second kappa shape index (κ2) is 9.46. The summed E-state index contributed by atoms with van der Waals surface area (Å²) in [6, 6.07) is 2.16. The maximum absolute atomic E-state index is 12.8. The molecule has 2 aliphatic heterocycles. The maximum Gasteiger partial charge on any atom is 0.490 e. The number of thiophene rings is 1. The van der Waals surface area contributed by atoms with Crippen LogP contribution >= 0.6 is 11.3 Å². The first-order valence-electron chi connectivity index (χ1n) is 10.6. The van der Waals surface area contributed by atoms with Crippen LogP contribution in [-0.2, 0) is 22.4 Å². The van der Waals surface area contributed by atoms with E-state index in [9.17, 15) is 18.0 Å². The largest absolute Gasteiger partial charge is 0.490 e. The molecule has 1 aliphatic carbocycles. The molecule has 1 amide bonds. The molecule has 1 atom stereocenters. The molecule has 3 heterocycles. The van der Waals surface area contributed by atoms with Gasteiger partial charge in [-0.15, -0.1) is 11.3 Å². The molecule has 0 saturated carbocycles. The highest BCUT2D eigenvalue weighted by molar-refractivity contribution is 7.14. The molecule has 4 rings (SSSR count). The van der Waals surface area contributed by atoms with Crippen molar-refractivity contribution in [2.45, 2.75) is 50.7 Å². The molecule has 2 saturated heterocycles. The minimum Gasteiger partial charge on any atom is -0.475 e. The fraction of sp³-hybridized carbons (Fsp3) is 0.714. The second-order valence-corrected chi connectivity index (χ2v) is 9.68. The molecule has 31 heavy (non-hydrogen) atoms. The molecule has 0 bridgehead atoms. The number of alkyl halides is 3. The maximum atomic E-state index is 12.8. The third kappa shape index (κ3) is 5.40. The number of hydrogen-bond acceptors (Lipinski definition) is 5. The summed E-state index contributed by atoms with van der Waals surface area (Å²) in [5, 5.41) is 7.12. The van der Waals surface area contributed by atoms with Gasteiger partial charge in [0.25, 0.3) is 5.91 Å². The van der Waals surface area contributed by atoms with Crippen molar-refractivity contribution in [1.29, 1.82) is 0 Å². The van der Waals surface area contributed by atoms with Gasteiger partial charge >= 0.3 is 12.1 Å². The molecule has 3 aliphatic rings. The highest BCUT2D eigenvalue weighted by Crippen LogP contribution is 2.40. The summed E-state index contributed by atoms with van der Waals surface area (Å²) in [6.45, 7) is 6.62. The molecule has 10 heteroatoms. The fourth-order valence-electron chi connectivity index (χ4n) is 4.60. The van der Waals surface area contributed by atoms with Crippen LogP contribution in [-0.4, -0.2) is 78.4 Å². The molecular formula is C21H29F3N2O4S. The lowest BCUT2D eigenvalue weighted by atomic mass is 9.75. The molecule has 1 unspecified atom stereocenters.